The van der Waals surface area contributed by atoms with Gasteiger partial charge in [-0.3, -0.25) is 9.59 Å². The Bertz CT molecular complexity index is 997. The molecular weight excluding hydrogens is 352 g/mol. The fraction of sp³-hybridized carbons (Fsp3) is 0.278. The summed E-state index contributed by atoms with van der Waals surface area (Å²) in [7, 11) is 0. The number of fused-ring (bicyclic) bond motifs is 1. The van der Waals surface area contributed by atoms with Crippen LogP contribution in [0.25, 0.3) is 11.0 Å². The highest BCUT2D eigenvalue weighted by Gasteiger charge is 2.25. The van der Waals surface area contributed by atoms with Crippen molar-refractivity contribution in [1.29, 1.82) is 0 Å². The van der Waals surface area contributed by atoms with Crippen molar-refractivity contribution in [3.8, 4) is 0 Å². The Labute approximate surface area is 153 Å². The van der Waals surface area contributed by atoms with Crippen LogP contribution in [0.5, 0.6) is 0 Å². The Morgan fingerprint density at radius 2 is 1.73 bits per heavy atom. The summed E-state index contributed by atoms with van der Waals surface area (Å²) in [6, 6.07) is 9.02. The third kappa shape index (κ3) is 3.28. The van der Waals surface area contributed by atoms with Crippen molar-refractivity contribution in [1.82, 2.24) is 19.8 Å². The molecule has 2 N–H and O–H groups in total. The van der Waals surface area contributed by atoms with Crippen LogP contribution < -0.4 is 5.69 Å². The molecule has 134 valence electrons. The van der Waals surface area contributed by atoms with E-state index in [2.05, 4.69) is 9.97 Å². The number of hydrogen-bond acceptors (Lipinski definition) is 4. The highest BCUT2D eigenvalue weighted by atomic mass is 32.1. The van der Waals surface area contributed by atoms with E-state index < -0.39 is 0 Å². The molecule has 0 unspecified atom stereocenters. The lowest BCUT2D eigenvalue weighted by Crippen LogP contribution is -2.50. The topological polar surface area (TPSA) is 89.3 Å². The van der Waals surface area contributed by atoms with Crippen molar-refractivity contribution < 1.29 is 9.59 Å². The molecule has 1 aliphatic rings. The lowest BCUT2D eigenvalue weighted by atomic mass is 10.1. The summed E-state index contributed by atoms with van der Waals surface area (Å²) in [5.74, 6) is 0.0187. The quantitative estimate of drug-likeness (QED) is 0.731. The molecule has 1 aliphatic heterocycles. The van der Waals surface area contributed by atoms with Crippen LogP contribution in [-0.4, -0.2) is 57.8 Å². The second-order valence-corrected chi connectivity index (χ2v) is 7.30. The van der Waals surface area contributed by atoms with Crippen LogP contribution in [-0.2, 0) is 11.2 Å². The van der Waals surface area contributed by atoms with Crippen molar-refractivity contribution in [3.63, 3.8) is 0 Å². The number of imidazole rings is 1. The van der Waals surface area contributed by atoms with E-state index in [-0.39, 0.29) is 17.5 Å². The van der Waals surface area contributed by atoms with E-state index in [4.69, 9.17) is 0 Å². The zero-order valence-electron chi connectivity index (χ0n) is 14.0. The van der Waals surface area contributed by atoms with E-state index in [1.807, 2.05) is 22.4 Å². The molecule has 0 spiro atoms. The Kier molecular flexibility index (Phi) is 4.34. The normalized spacial score (nSPS) is 14.8. The summed E-state index contributed by atoms with van der Waals surface area (Å²) in [6.07, 6.45) is 0.420. The van der Waals surface area contributed by atoms with Gasteiger partial charge < -0.3 is 19.8 Å². The number of H-pyrrole nitrogens is 2. The largest absolute Gasteiger partial charge is 0.339 e. The van der Waals surface area contributed by atoms with Crippen molar-refractivity contribution >= 4 is 34.2 Å². The van der Waals surface area contributed by atoms with E-state index in [0.717, 1.165) is 4.88 Å². The summed E-state index contributed by atoms with van der Waals surface area (Å²) in [4.78, 5) is 46.4. The number of aromatic nitrogens is 2. The van der Waals surface area contributed by atoms with Gasteiger partial charge in [0.25, 0.3) is 5.91 Å². The zero-order chi connectivity index (χ0) is 18.1. The van der Waals surface area contributed by atoms with Crippen LogP contribution >= 0.6 is 11.3 Å². The molecule has 4 rings (SSSR count). The number of benzene rings is 1. The summed E-state index contributed by atoms with van der Waals surface area (Å²) in [5.41, 5.74) is 1.54. The number of nitrogens with one attached hydrogen (secondary N) is 2. The first-order valence-corrected chi connectivity index (χ1v) is 9.29. The van der Waals surface area contributed by atoms with Gasteiger partial charge in [-0.15, -0.1) is 11.3 Å². The highest BCUT2D eigenvalue weighted by Crippen LogP contribution is 2.15. The van der Waals surface area contributed by atoms with E-state index in [1.165, 1.54) is 0 Å². The Morgan fingerprint density at radius 3 is 2.46 bits per heavy atom. The minimum atomic E-state index is -0.289. The van der Waals surface area contributed by atoms with E-state index in [0.29, 0.717) is 49.2 Å². The van der Waals surface area contributed by atoms with Crippen LogP contribution in [0.15, 0.2) is 40.5 Å². The van der Waals surface area contributed by atoms with Gasteiger partial charge in [0.05, 0.1) is 17.5 Å². The van der Waals surface area contributed by atoms with Crippen molar-refractivity contribution in [2.24, 2.45) is 0 Å². The number of amides is 2. The second kappa shape index (κ2) is 6.80. The fourth-order valence-corrected chi connectivity index (χ4v) is 3.88. The molecule has 1 saturated heterocycles. The van der Waals surface area contributed by atoms with Gasteiger partial charge in [-0.25, -0.2) is 4.79 Å². The molecule has 0 aliphatic carbocycles. The van der Waals surface area contributed by atoms with Gasteiger partial charge in [-0.1, -0.05) is 6.07 Å². The zero-order valence-corrected chi connectivity index (χ0v) is 14.8. The third-order valence-corrected chi connectivity index (χ3v) is 5.46. The van der Waals surface area contributed by atoms with Crippen LogP contribution in [0.3, 0.4) is 0 Å². The molecule has 26 heavy (non-hydrogen) atoms. The predicted molar refractivity (Wildman–Crippen MR) is 99.4 cm³/mol. The molecular formula is C18H18N4O3S. The van der Waals surface area contributed by atoms with Crippen molar-refractivity contribution in [2.45, 2.75) is 6.42 Å². The first-order valence-electron chi connectivity index (χ1n) is 8.41. The predicted octanol–water partition coefficient (Wildman–Crippen LogP) is 1.44. The number of thiophene rings is 1. The molecule has 1 fully saturated rings. The highest BCUT2D eigenvalue weighted by molar-refractivity contribution is 7.10. The number of piperazine rings is 1. The molecule has 1 aromatic carbocycles. The smallest absolute Gasteiger partial charge is 0.323 e. The fourth-order valence-electron chi connectivity index (χ4n) is 3.18. The SMILES string of the molecule is O=C(Cc1cccs1)N1CCN(C(=O)c2ccc3[nH]c(=O)[nH]c3c2)CC1. The second-order valence-electron chi connectivity index (χ2n) is 6.27. The van der Waals surface area contributed by atoms with Gasteiger partial charge >= 0.3 is 5.69 Å². The Balaban J connectivity index is 1.39. The number of hydrogen-bond donors (Lipinski definition) is 2. The molecule has 0 bridgehead atoms. The number of nitrogens with zero attached hydrogens (tertiary/aromatic N) is 2. The molecule has 7 nitrogen and oxygen atoms in total. The van der Waals surface area contributed by atoms with Crippen LogP contribution in [0, 0.1) is 0 Å². The number of rotatable bonds is 3. The number of aromatic amines is 2. The molecule has 8 heteroatoms. The molecule has 2 amide bonds. The van der Waals surface area contributed by atoms with Crippen molar-refractivity contribution in [2.75, 3.05) is 26.2 Å². The van der Waals surface area contributed by atoms with E-state index in [9.17, 15) is 14.4 Å². The molecule has 0 radical (unpaired) electrons. The molecule has 0 atom stereocenters. The maximum absolute atomic E-state index is 12.7. The minimum Gasteiger partial charge on any atom is -0.339 e. The van der Waals surface area contributed by atoms with Crippen LogP contribution in [0.4, 0.5) is 0 Å². The minimum absolute atomic E-state index is 0.0840. The Morgan fingerprint density at radius 1 is 1.00 bits per heavy atom. The molecule has 3 aromatic rings. The molecule has 2 aromatic heterocycles. The third-order valence-electron chi connectivity index (χ3n) is 4.59. The Hall–Kier alpha value is -2.87. The lowest BCUT2D eigenvalue weighted by molar-refractivity contribution is -0.131. The van der Waals surface area contributed by atoms with Crippen molar-refractivity contribution in [3.05, 3.63) is 56.6 Å². The lowest BCUT2D eigenvalue weighted by Gasteiger charge is -2.34. The maximum atomic E-state index is 12.7. The summed E-state index contributed by atoms with van der Waals surface area (Å²) < 4.78 is 0. The van der Waals surface area contributed by atoms with E-state index >= 15 is 0 Å². The average Bonchev–Trinajstić information content (AvgIpc) is 3.28. The summed E-state index contributed by atoms with van der Waals surface area (Å²) in [5, 5.41) is 1.97. The summed E-state index contributed by atoms with van der Waals surface area (Å²) >= 11 is 1.58. The standard InChI is InChI=1S/C18H18N4O3S/c23-16(11-13-2-1-9-26-13)21-5-7-22(8-6-21)17(24)12-3-4-14-15(10-12)20-18(25)19-14/h1-4,9-10H,5-8,11H2,(H2,19,20,25). The first kappa shape index (κ1) is 16.6. The van der Waals surface area contributed by atoms with E-state index in [1.54, 1.807) is 34.4 Å². The molecule has 0 saturated carbocycles. The van der Waals surface area contributed by atoms with Crippen LogP contribution in [0.1, 0.15) is 15.2 Å². The summed E-state index contributed by atoms with van der Waals surface area (Å²) in [6.45, 7) is 2.10. The number of carbonyl (C=O) groups is 2. The van der Waals surface area contributed by atoms with Gasteiger partial charge in [0.2, 0.25) is 5.91 Å². The molecule has 3 heterocycles. The van der Waals surface area contributed by atoms with Gasteiger partial charge in [-0.05, 0) is 29.6 Å². The average molecular weight is 370 g/mol. The maximum Gasteiger partial charge on any atom is 0.323 e. The van der Waals surface area contributed by atoms with Gasteiger partial charge in [0.1, 0.15) is 0 Å². The van der Waals surface area contributed by atoms with Gasteiger partial charge in [-0.2, -0.15) is 0 Å². The van der Waals surface area contributed by atoms with Gasteiger partial charge in [0.15, 0.2) is 0 Å². The van der Waals surface area contributed by atoms with Crippen LogP contribution in [0.2, 0.25) is 0 Å². The monoisotopic (exact) mass is 370 g/mol. The first-order chi connectivity index (χ1) is 12.6. The number of carbonyl (C=O) groups excluding carboxylic acids is 2. The van der Waals surface area contributed by atoms with Gasteiger partial charge in [0, 0.05) is 36.6 Å².